The zero-order valence-electron chi connectivity index (χ0n) is 15.9. The van der Waals surface area contributed by atoms with Crippen molar-refractivity contribution in [2.24, 2.45) is 0 Å². The quantitative estimate of drug-likeness (QED) is 0.505. The lowest BCUT2D eigenvalue weighted by molar-refractivity contribution is 0.0397. The van der Waals surface area contributed by atoms with Crippen molar-refractivity contribution in [3.05, 3.63) is 59.2 Å². The molecule has 0 bridgehead atoms. The van der Waals surface area contributed by atoms with Gasteiger partial charge in [0.05, 0.1) is 19.1 Å². The van der Waals surface area contributed by atoms with Crippen LogP contribution in [0, 0.1) is 6.92 Å². The van der Waals surface area contributed by atoms with E-state index in [4.69, 9.17) is 14.5 Å². The van der Waals surface area contributed by atoms with E-state index >= 15 is 0 Å². The second kappa shape index (κ2) is 7.04. The van der Waals surface area contributed by atoms with Crippen LogP contribution in [0.4, 0.5) is 5.82 Å². The van der Waals surface area contributed by atoms with Gasteiger partial charge in [0.15, 0.2) is 0 Å². The summed E-state index contributed by atoms with van der Waals surface area (Å²) in [6.45, 7) is 4.25. The van der Waals surface area contributed by atoms with Gasteiger partial charge in [-0.3, -0.25) is 0 Å². The van der Waals surface area contributed by atoms with E-state index in [0.717, 1.165) is 40.7 Å². The SMILES string of the molecule is COc1ccc2cc([C@H]3CN(c4nc(C)nc5sccc45)CCO3)ccc2c1. The molecule has 2 aromatic carbocycles. The fourth-order valence-corrected chi connectivity index (χ4v) is 4.60. The van der Waals surface area contributed by atoms with Gasteiger partial charge in [0, 0.05) is 13.1 Å². The Morgan fingerprint density at radius 2 is 1.96 bits per heavy atom. The van der Waals surface area contributed by atoms with Crippen molar-refractivity contribution in [2.75, 3.05) is 31.7 Å². The molecule has 1 fully saturated rings. The second-order valence-corrected chi connectivity index (χ2v) is 7.91. The molecular formula is C22H21N3O2S. The van der Waals surface area contributed by atoms with Gasteiger partial charge in [0.1, 0.15) is 28.3 Å². The fourth-order valence-electron chi connectivity index (χ4n) is 3.80. The van der Waals surface area contributed by atoms with Gasteiger partial charge in [-0.05, 0) is 52.9 Å². The number of aromatic nitrogens is 2. The van der Waals surface area contributed by atoms with Gasteiger partial charge in [0.25, 0.3) is 0 Å². The zero-order chi connectivity index (χ0) is 19.1. The van der Waals surface area contributed by atoms with Crippen LogP contribution < -0.4 is 9.64 Å². The van der Waals surface area contributed by atoms with Crippen molar-refractivity contribution in [1.29, 1.82) is 0 Å². The predicted octanol–water partition coefficient (Wildman–Crippen LogP) is 4.74. The van der Waals surface area contributed by atoms with Crippen LogP contribution in [0.1, 0.15) is 17.5 Å². The molecule has 142 valence electrons. The topological polar surface area (TPSA) is 47.5 Å². The molecule has 0 amide bonds. The molecule has 1 aliphatic rings. The number of hydrogen-bond acceptors (Lipinski definition) is 6. The molecule has 28 heavy (non-hydrogen) atoms. The lowest BCUT2D eigenvalue weighted by Crippen LogP contribution is -2.39. The highest BCUT2D eigenvalue weighted by Crippen LogP contribution is 2.33. The molecule has 2 aromatic heterocycles. The number of ether oxygens (including phenoxy) is 2. The summed E-state index contributed by atoms with van der Waals surface area (Å²) >= 11 is 1.66. The molecule has 5 rings (SSSR count). The third-order valence-electron chi connectivity index (χ3n) is 5.23. The van der Waals surface area contributed by atoms with Crippen LogP contribution in [0.15, 0.2) is 47.8 Å². The first-order chi connectivity index (χ1) is 13.7. The minimum absolute atomic E-state index is 0.0178. The summed E-state index contributed by atoms with van der Waals surface area (Å²) < 4.78 is 11.5. The number of thiophene rings is 1. The van der Waals surface area contributed by atoms with Crippen LogP contribution in [0.3, 0.4) is 0 Å². The number of anilines is 1. The number of fused-ring (bicyclic) bond motifs is 2. The van der Waals surface area contributed by atoms with Crippen molar-refractivity contribution in [3.63, 3.8) is 0 Å². The van der Waals surface area contributed by atoms with E-state index in [1.54, 1.807) is 18.4 Å². The maximum atomic E-state index is 6.13. The average Bonchev–Trinajstić information content (AvgIpc) is 3.20. The van der Waals surface area contributed by atoms with E-state index in [1.165, 1.54) is 16.3 Å². The van der Waals surface area contributed by atoms with Crippen molar-refractivity contribution in [2.45, 2.75) is 13.0 Å². The number of nitrogens with zero attached hydrogens (tertiary/aromatic N) is 3. The van der Waals surface area contributed by atoms with E-state index in [1.807, 2.05) is 13.0 Å². The molecule has 6 heteroatoms. The Hall–Kier alpha value is -2.70. The fraction of sp³-hybridized carbons (Fsp3) is 0.273. The smallest absolute Gasteiger partial charge is 0.141 e. The monoisotopic (exact) mass is 391 g/mol. The number of rotatable bonds is 3. The molecule has 0 aliphatic carbocycles. The summed E-state index contributed by atoms with van der Waals surface area (Å²) in [5, 5.41) is 5.57. The van der Waals surface area contributed by atoms with Crippen molar-refractivity contribution >= 4 is 38.1 Å². The van der Waals surface area contributed by atoms with Gasteiger partial charge in [0.2, 0.25) is 0 Å². The lowest BCUT2D eigenvalue weighted by Gasteiger charge is -2.34. The maximum absolute atomic E-state index is 6.13. The molecule has 0 spiro atoms. The average molecular weight is 391 g/mol. The molecule has 4 aromatic rings. The first-order valence-corrected chi connectivity index (χ1v) is 10.3. The van der Waals surface area contributed by atoms with E-state index in [-0.39, 0.29) is 6.10 Å². The lowest BCUT2D eigenvalue weighted by atomic mass is 10.0. The summed E-state index contributed by atoms with van der Waals surface area (Å²) in [4.78, 5) is 12.7. The van der Waals surface area contributed by atoms with Gasteiger partial charge in [-0.2, -0.15) is 0 Å². The Morgan fingerprint density at radius 3 is 2.86 bits per heavy atom. The van der Waals surface area contributed by atoms with E-state index < -0.39 is 0 Å². The Bertz CT molecular complexity index is 1160. The summed E-state index contributed by atoms with van der Waals surface area (Å²) in [7, 11) is 1.69. The normalized spacial score (nSPS) is 17.4. The molecule has 0 radical (unpaired) electrons. The van der Waals surface area contributed by atoms with Crippen LogP contribution in [-0.2, 0) is 4.74 Å². The molecule has 3 heterocycles. The van der Waals surface area contributed by atoms with Gasteiger partial charge in [-0.25, -0.2) is 9.97 Å². The van der Waals surface area contributed by atoms with Gasteiger partial charge < -0.3 is 14.4 Å². The third-order valence-corrected chi connectivity index (χ3v) is 6.03. The van der Waals surface area contributed by atoms with Crippen molar-refractivity contribution in [1.82, 2.24) is 9.97 Å². The van der Waals surface area contributed by atoms with Gasteiger partial charge >= 0.3 is 0 Å². The predicted molar refractivity (Wildman–Crippen MR) is 114 cm³/mol. The Labute approximate surface area is 167 Å². The minimum Gasteiger partial charge on any atom is -0.497 e. The molecule has 5 nitrogen and oxygen atoms in total. The largest absolute Gasteiger partial charge is 0.497 e. The minimum atomic E-state index is 0.0178. The Morgan fingerprint density at radius 1 is 1.11 bits per heavy atom. The highest BCUT2D eigenvalue weighted by molar-refractivity contribution is 7.16. The molecule has 1 saturated heterocycles. The second-order valence-electron chi connectivity index (χ2n) is 7.01. The standard InChI is InChI=1S/C22H21N3O2S/c1-14-23-21(19-7-10-28-22(19)24-14)25-8-9-27-20(13-25)17-4-3-16-12-18(26-2)6-5-15(16)11-17/h3-7,10-12,20H,8-9,13H2,1-2H3/t20-/m1/s1. The number of aryl methyl sites for hydroxylation is 1. The van der Waals surface area contributed by atoms with Crippen molar-refractivity contribution < 1.29 is 9.47 Å². The van der Waals surface area contributed by atoms with Crippen LogP contribution in [0.5, 0.6) is 5.75 Å². The molecule has 0 saturated carbocycles. The first-order valence-electron chi connectivity index (χ1n) is 9.37. The summed E-state index contributed by atoms with van der Waals surface area (Å²) in [6.07, 6.45) is 0.0178. The highest BCUT2D eigenvalue weighted by atomic mass is 32.1. The van der Waals surface area contributed by atoms with Crippen LogP contribution in [0.25, 0.3) is 21.0 Å². The maximum Gasteiger partial charge on any atom is 0.141 e. The summed E-state index contributed by atoms with van der Waals surface area (Å²) in [5.41, 5.74) is 1.19. The summed E-state index contributed by atoms with van der Waals surface area (Å²) in [6, 6.07) is 14.8. The number of benzene rings is 2. The van der Waals surface area contributed by atoms with Crippen LogP contribution >= 0.6 is 11.3 Å². The number of hydrogen-bond donors (Lipinski definition) is 0. The Balaban J connectivity index is 1.47. The zero-order valence-corrected chi connectivity index (χ0v) is 16.7. The summed E-state index contributed by atoms with van der Waals surface area (Å²) in [5.74, 6) is 2.70. The molecule has 0 unspecified atom stereocenters. The van der Waals surface area contributed by atoms with Gasteiger partial charge in [-0.15, -0.1) is 11.3 Å². The van der Waals surface area contributed by atoms with E-state index in [0.29, 0.717) is 6.61 Å². The molecule has 0 N–H and O–H groups in total. The van der Waals surface area contributed by atoms with Crippen LogP contribution in [0.2, 0.25) is 0 Å². The third kappa shape index (κ3) is 3.08. The number of methoxy groups -OCH3 is 1. The van der Waals surface area contributed by atoms with Crippen LogP contribution in [-0.4, -0.2) is 36.8 Å². The molecule has 1 atom stereocenters. The first kappa shape index (κ1) is 17.4. The molecular weight excluding hydrogens is 370 g/mol. The molecule has 1 aliphatic heterocycles. The van der Waals surface area contributed by atoms with Gasteiger partial charge in [-0.1, -0.05) is 18.2 Å². The number of morpholine rings is 1. The van der Waals surface area contributed by atoms with E-state index in [9.17, 15) is 0 Å². The van der Waals surface area contributed by atoms with E-state index in [2.05, 4.69) is 51.7 Å². The highest BCUT2D eigenvalue weighted by Gasteiger charge is 2.25. The Kier molecular flexibility index (Phi) is 4.37. The van der Waals surface area contributed by atoms with Crippen molar-refractivity contribution in [3.8, 4) is 5.75 Å².